The molecule has 0 saturated heterocycles. The summed E-state index contributed by atoms with van der Waals surface area (Å²) >= 11 is 1.56. The van der Waals surface area contributed by atoms with Crippen molar-refractivity contribution in [3.8, 4) is 0 Å². The van der Waals surface area contributed by atoms with Gasteiger partial charge in [0.15, 0.2) is 5.03 Å². The molecule has 2 aromatic heterocycles. The van der Waals surface area contributed by atoms with Gasteiger partial charge in [-0.2, -0.15) is 0 Å². The summed E-state index contributed by atoms with van der Waals surface area (Å²) in [5.41, 5.74) is 1.18. The smallest absolute Gasteiger partial charge is 0.257 e. The number of nitrogens with one attached hydrogen (secondary N) is 2. The molecule has 5 nitrogen and oxygen atoms in total. The normalized spacial score (nSPS) is 11.8. The zero-order valence-corrected chi connectivity index (χ0v) is 10.9. The van der Waals surface area contributed by atoms with E-state index in [9.17, 15) is 8.42 Å². The van der Waals surface area contributed by atoms with Gasteiger partial charge in [-0.3, -0.25) is 0 Å². The average Bonchev–Trinajstić information content (AvgIpc) is 2.97. The molecule has 2 rings (SSSR count). The Morgan fingerprint density at radius 3 is 3.00 bits per heavy atom. The van der Waals surface area contributed by atoms with Gasteiger partial charge in [0.2, 0.25) is 0 Å². The first-order valence-corrected chi connectivity index (χ1v) is 7.53. The first-order chi connectivity index (χ1) is 8.13. The summed E-state index contributed by atoms with van der Waals surface area (Å²) in [6, 6.07) is 2.02. The summed E-state index contributed by atoms with van der Waals surface area (Å²) in [5, 5.41) is 2.06. The number of imidazole rings is 1. The van der Waals surface area contributed by atoms with E-state index in [2.05, 4.69) is 21.6 Å². The molecule has 0 radical (unpaired) electrons. The van der Waals surface area contributed by atoms with Crippen molar-refractivity contribution >= 4 is 21.4 Å². The monoisotopic (exact) mass is 271 g/mol. The van der Waals surface area contributed by atoms with Crippen LogP contribution in [0.4, 0.5) is 0 Å². The summed E-state index contributed by atoms with van der Waals surface area (Å²) in [6.45, 7) is 2.37. The highest BCUT2D eigenvalue weighted by atomic mass is 32.2. The van der Waals surface area contributed by atoms with E-state index >= 15 is 0 Å². The second kappa shape index (κ2) is 4.99. The Bertz CT molecular complexity index is 572. The van der Waals surface area contributed by atoms with E-state index in [0.29, 0.717) is 6.54 Å². The van der Waals surface area contributed by atoms with E-state index < -0.39 is 10.0 Å². The fourth-order valence-corrected chi connectivity index (χ4v) is 3.37. The molecule has 0 aromatic carbocycles. The van der Waals surface area contributed by atoms with E-state index in [1.165, 1.54) is 18.1 Å². The van der Waals surface area contributed by atoms with Gasteiger partial charge in [0, 0.05) is 11.4 Å². The van der Waals surface area contributed by atoms with Gasteiger partial charge < -0.3 is 4.98 Å². The predicted molar refractivity (Wildman–Crippen MR) is 66.3 cm³/mol. The van der Waals surface area contributed by atoms with Crippen LogP contribution in [0, 0.1) is 0 Å². The zero-order valence-electron chi connectivity index (χ0n) is 9.30. The molecule has 0 atom stereocenters. The lowest BCUT2D eigenvalue weighted by atomic mass is 10.2. The predicted octanol–water partition coefficient (Wildman–Crippen LogP) is 1.51. The molecule has 2 N–H and O–H groups in total. The summed E-state index contributed by atoms with van der Waals surface area (Å²) < 4.78 is 26.2. The van der Waals surface area contributed by atoms with E-state index in [1.54, 1.807) is 11.3 Å². The van der Waals surface area contributed by atoms with Gasteiger partial charge in [0.05, 0.1) is 12.5 Å². The SMILES string of the molecule is CCc1ccsc1CNS(=O)(=O)c1cnc[nH]1. The molecule has 2 aromatic rings. The first-order valence-electron chi connectivity index (χ1n) is 5.16. The Morgan fingerprint density at radius 1 is 1.53 bits per heavy atom. The molecule has 0 bridgehead atoms. The summed E-state index contributed by atoms with van der Waals surface area (Å²) in [4.78, 5) is 7.32. The van der Waals surface area contributed by atoms with Crippen molar-refractivity contribution < 1.29 is 8.42 Å². The summed E-state index contributed by atoms with van der Waals surface area (Å²) in [7, 11) is -3.48. The minimum absolute atomic E-state index is 0.0899. The molecule has 92 valence electrons. The van der Waals surface area contributed by atoms with Crippen molar-refractivity contribution in [2.45, 2.75) is 24.9 Å². The quantitative estimate of drug-likeness (QED) is 0.865. The lowest BCUT2D eigenvalue weighted by Gasteiger charge is -2.04. The van der Waals surface area contributed by atoms with Crippen LogP contribution in [0.2, 0.25) is 0 Å². The van der Waals surface area contributed by atoms with Crippen molar-refractivity contribution in [2.24, 2.45) is 0 Å². The molecule has 17 heavy (non-hydrogen) atoms. The largest absolute Gasteiger partial charge is 0.335 e. The number of thiophene rings is 1. The maximum absolute atomic E-state index is 11.8. The second-order valence-corrected chi connectivity index (χ2v) is 6.20. The number of aryl methyl sites for hydroxylation is 1. The van der Waals surface area contributed by atoms with Gasteiger partial charge >= 0.3 is 0 Å². The molecule has 2 heterocycles. The summed E-state index contributed by atoms with van der Waals surface area (Å²) in [5.74, 6) is 0. The molecule has 0 aliphatic carbocycles. The second-order valence-electron chi connectivity index (χ2n) is 3.46. The number of rotatable bonds is 5. The highest BCUT2D eigenvalue weighted by Crippen LogP contribution is 2.17. The molecule has 0 spiro atoms. The van der Waals surface area contributed by atoms with Crippen LogP contribution in [0.5, 0.6) is 0 Å². The molecule has 0 aliphatic rings. The molecule has 0 amide bonds. The minimum atomic E-state index is -3.48. The van der Waals surface area contributed by atoms with Crippen LogP contribution in [-0.2, 0) is 23.0 Å². The summed E-state index contributed by atoms with van der Waals surface area (Å²) in [6.07, 6.45) is 3.54. The molecule has 0 saturated carbocycles. The van der Waals surface area contributed by atoms with E-state index in [0.717, 1.165) is 11.3 Å². The number of hydrogen-bond acceptors (Lipinski definition) is 4. The van der Waals surface area contributed by atoms with Crippen molar-refractivity contribution in [1.82, 2.24) is 14.7 Å². The van der Waals surface area contributed by atoms with Crippen molar-refractivity contribution in [2.75, 3.05) is 0 Å². The van der Waals surface area contributed by atoms with Gasteiger partial charge in [-0.15, -0.1) is 11.3 Å². The minimum Gasteiger partial charge on any atom is -0.335 e. The van der Waals surface area contributed by atoms with Gasteiger partial charge in [-0.25, -0.2) is 18.1 Å². The van der Waals surface area contributed by atoms with Crippen molar-refractivity contribution in [3.63, 3.8) is 0 Å². The Labute approximate surface area is 104 Å². The van der Waals surface area contributed by atoms with E-state index in [4.69, 9.17) is 0 Å². The van der Waals surface area contributed by atoms with Crippen molar-refractivity contribution in [3.05, 3.63) is 34.4 Å². The third-order valence-corrected chi connectivity index (χ3v) is 4.69. The zero-order chi connectivity index (χ0) is 12.3. The molecule has 0 fully saturated rings. The maximum Gasteiger partial charge on any atom is 0.257 e. The fourth-order valence-electron chi connectivity index (χ4n) is 1.47. The number of nitrogens with zero attached hydrogens (tertiary/aromatic N) is 1. The molecule has 0 aliphatic heterocycles. The number of hydrogen-bond donors (Lipinski definition) is 2. The number of aromatic nitrogens is 2. The maximum atomic E-state index is 11.8. The first kappa shape index (κ1) is 12.3. The molecular weight excluding hydrogens is 258 g/mol. The van der Waals surface area contributed by atoms with Gasteiger partial charge in [-0.1, -0.05) is 6.92 Å². The van der Waals surface area contributed by atoms with Gasteiger partial charge in [0.1, 0.15) is 0 Å². The number of sulfonamides is 1. The highest BCUT2D eigenvalue weighted by Gasteiger charge is 2.15. The van der Waals surface area contributed by atoms with Gasteiger partial charge in [0.25, 0.3) is 10.0 Å². The van der Waals surface area contributed by atoms with Crippen LogP contribution < -0.4 is 4.72 Å². The van der Waals surface area contributed by atoms with Crippen LogP contribution in [0.15, 0.2) is 29.0 Å². The number of H-pyrrole nitrogens is 1. The molecular formula is C10H13N3O2S2. The van der Waals surface area contributed by atoms with Crippen molar-refractivity contribution in [1.29, 1.82) is 0 Å². The fraction of sp³-hybridized carbons (Fsp3) is 0.300. The van der Waals surface area contributed by atoms with Gasteiger partial charge in [-0.05, 0) is 23.4 Å². The van der Waals surface area contributed by atoms with E-state index in [1.807, 2.05) is 11.4 Å². The standard InChI is InChI=1S/C10H13N3O2S2/c1-2-8-3-4-16-9(8)5-13-17(14,15)10-6-11-7-12-10/h3-4,6-7,13H,2,5H2,1H3,(H,11,12). The topological polar surface area (TPSA) is 74.8 Å². The average molecular weight is 271 g/mol. The Balaban J connectivity index is 2.08. The van der Waals surface area contributed by atoms with Crippen LogP contribution in [-0.4, -0.2) is 18.4 Å². The number of aromatic amines is 1. The Morgan fingerprint density at radius 2 is 2.35 bits per heavy atom. The van der Waals surface area contributed by atoms with Crippen LogP contribution in [0.25, 0.3) is 0 Å². The van der Waals surface area contributed by atoms with Crippen LogP contribution in [0.3, 0.4) is 0 Å². The third-order valence-electron chi connectivity index (χ3n) is 2.40. The molecule has 0 unspecified atom stereocenters. The Kier molecular flexibility index (Phi) is 3.60. The van der Waals surface area contributed by atoms with Crippen LogP contribution in [0.1, 0.15) is 17.4 Å². The van der Waals surface area contributed by atoms with E-state index in [-0.39, 0.29) is 5.03 Å². The third kappa shape index (κ3) is 2.74. The lowest BCUT2D eigenvalue weighted by molar-refractivity contribution is 0.578. The van der Waals surface area contributed by atoms with Crippen LogP contribution >= 0.6 is 11.3 Å². The lowest BCUT2D eigenvalue weighted by Crippen LogP contribution is -2.23. The molecule has 7 heteroatoms. The highest BCUT2D eigenvalue weighted by molar-refractivity contribution is 7.89. The Hall–Kier alpha value is -1.18.